The molecule has 2 heterocycles. The number of benzene rings is 2. The number of nitrogens with zero attached hydrogens (tertiary/aromatic N) is 3. The van der Waals surface area contributed by atoms with Crippen molar-refractivity contribution in [2.75, 3.05) is 37.7 Å². The minimum absolute atomic E-state index is 0.130. The first-order valence-electron chi connectivity index (χ1n) is 10.7. The highest BCUT2D eigenvalue weighted by molar-refractivity contribution is 7.80. The molecule has 1 fully saturated rings. The maximum Gasteiger partial charge on any atom is 0.338 e. The van der Waals surface area contributed by atoms with Crippen LogP contribution in [-0.4, -0.2) is 59.6 Å². The number of para-hydroxylation sites is 1. The number of hydrogen-bond donors (Lipinski definition) is 1. The predicted molar refractivity (Wildman–Crippen MR) is 129 cm³/mol. The van der Waals surface area contributed by atoms with Gasteiger partial charge in [-0.2, -0.15) is 0 Å². The minimum Gasteiger partial charge on any atom is -0.462 e. The molecule has 1 amide bonds. The van der Waals surface area contributed by atoms with Gasteiger partial charge in [-0.3, -0.25) is 20.2 Å². The van der Waals surface area contributed by atoms with Crippen molar-refractivity contribution >= 4 is 51.6 Å². The number of nitro benzene ring substituents is 1. The highest BCUT2D eigenvalue weighted by Gasteiger charge is 2.27. The molecule has 176 valence electrons. The number of esters is 1. The number of carbonyl (C=O) groups excluding carboxylic acids is 2. The largest absolute Gasteiger partial charge is 0.462 e. The highest BCUT2D eigenvalue weighted by atomic mass is 32.1. The van der Waals surface area contributed by atoms with Crippen molar-refractivity contribution in [3.63, 3.8) is 0 Å². The number of ether oxygens (including phenoxy) is 1. The monoisotopic (exact) mass is 482 g/mol. The van der Waals surface area contributed by atoms with Gasteiger partial charge >= 0.3 is 5.97 Å². The molecule has 1 aromatic heterocycles. The first-order valence-corrected chi connectivity index (χ1v) is 11.1. The normalized spacial score (nSPS) is 13.6. The van der Waals surface area contributed by atoms with Crippen LogP contribution in [0.25, 0.3) is 11.0 Å². The lowest BCUT2D eigenvalue weighted by Crippen LogP contribution is -2.52. The lowest BCUT2D eigenvalue weighted by Gasteiger charge is -2.36. The molecule has 1 saturated heterocycles. The molecule has 1 aliphatic rings. The molecule has 0 spiro atoms. The second kappa shape index (κ2) is 9.87. The average Bonchev–Trinajstić information content (AvgIpc) is 3.28. The summed E-state index contributed by atoms with van der Waals surface area (Å²) in [5, 5.41) is 15.4. The zero-order chi connectivity index (χ0) is 24.2. The van der Waals surface area contributed by atoms with Gasteiger partial charge in [0.25, 0.3) is 11.6 Å². The van der Waals surface area contributed by atoms with Gasteiger partial charge in [0.2, 0.25) is 0 Å². The van der Waals surface area contributed by atoms with Gasteiger partial charge in [-0.15, -0.1) is 0 Å². The van der Waals surface area contributed by atoms with Crippen LogP contribution in [-0.2, 0) is 4.74 Å². The van der Waals surface area contributed by atoms with Crippen LogP contribution in [0.15, 0.2) is 52.9 Å². The first-order chi connectivity index (χ1) is 16.4. The Hall–Kier alpha value is -3.99. The summed E-state index contributed by atoms with van der Waals surface area (Å²) >= 11 is 5.40. The van der Waals surface area contributed by atoms with Gasteiger partial charge in [-0.1, -0.05) is 18.2 Å². The number of anilines is 1. The van der Waals surface area contributed by atoms with Crippen LogP contribution in [0.3, 0.4) is 0 Å². The number of amides is 1. The zero-order valence-corrected chi connectivity index (χ0v) is 19.2. The second-order valence-corrected chi connectivity index (χ2v) is 7.95. The maximum absolute atomic E-state index is 12.6. The lowest BCUT2D eigenvalue weighted by atomic mass is 10.1. The standard InChI is InChI=1S/C23H22N4O6S/c1-2-32-22(29)16-7-8-17(18(13-16)27(30)31)25-9-11-26(12-10-25)23(34)24-21(28)20-14-15-5-3-4-6-19(15)33-20/h3-8,13-14H,2,9-12H2,1H3,(H,24,28,34). The van der Waals surface area contributed by atoms with E-state index in [9.17, 15) is 19.7 Å². The summed E-state index contributed by atoms with van der Waals surface area (Å²) in [6.07, 6.45) is 0. The van der Waals surface area contributed by atoms with Crippen LogP contribution in [0, 0.1) is 10.1 Å². The van der Waals surface area contributed by atoms with E-state index < -0.39 is 16.8 Å². The molecule has 0 saturated carbocycles. The Kier molecular flexibility index (Phi) is 6.73. The fourth-order valence-electron chi connectivity index (χ4n) is 3.76. The summed E-state index contributed by atoms with van der Waals surface area (Å²) in [7, 11) is 0. The van der Waals surface area contributed by atoms with E-state index in [2.05, 4.69) is 5.32 Å². The third-order valence-electron chi connectivity index (χ3n) is 5.46. The Labute approximate surface area is 200 Å². The van der Waals surface area contributed by atoms with Crippen LogP contribution >= 0.6 is 12.2 Å². The van der Waals surface area contributed by atoms with E-state index in [4.69, 9.17) is 21.4 Å². The van der Waals surface area contributed by atoms with Gasteiger partial charge in [0.1, 0.15) is 11.3 Å². The Bertz CT molecular complexity index is 1230. The van der Waals surface area contributed by atoms with E-state index in [1.807, 2.05) is 28.0 Å². The fourth-order valence-corrected chi connectivity index (χ4v) is 4.04. The van der Waals surface area contributed by atoms with E-state index >= 15 is 0 Å². The molecule has 1 N–H and O–H groups in total. The Morgan fingerprint density at radius 3 is 2.56 bits per heavy atom. The third kappa shape index (κ3) is 4.84. The third-order valence-corrected chi connectivity index (χ3v) is 5.82. The molecule has 1 aliphatic heterocycles. The highest BCUT2D eigenvalue weighted by Crippen LogP contribution is 2.30. The Morgan fingerprint density at radius 2 is 1.88 bits per heavy atom. The van der Waals surface area contributed by atoms with Gasteiger partial charge in [0.05, 0.1) is 17.1 Å². The number of nitro groups is 1. The van der Waals surface area contributed by atoms with Crippen molar-refractivity contribution < 1.29 is 23.7 Å². The van der Waals surface area contributed by atoms with E-state index in [-0.39, 0.29) is 28.7 Å². The molecule has 0 atom stereocenters. The smallest absolute Gasteiger partial charge is 0.338 e. The van der Waals surface area contributed by atoms with Crippen molar-refractivity contribution in [3.8, 4) is 0 Å². The van der Waals surface area contributed by atoms with Crippen LogP contribution in [0.5, 0.6) is 0 Å². The van der Waals surface area contributed by atoms with Crippen molar-refractivity contribution in [3.05, 3.63) is 70.0 Å². The first kappa shape index (κ1) is 23.2. The number of furan rings is 1. The number of nitrogens with one attached hydrogen (secondary N) is 1. The van der Waals surface area contributed by atoms with Crippen molar-refractivity contribution in [2.24, 2.45) is 0 Å². The zero-order valence-electron chi connectivity index (χ0n) is 18.4. The number of carbonyl (C=O) groups is 2. The molecule has 0 unspecified atom stereocenters. The summed E-state index contributed by atoms with van der Waals surface area (Å²) in [6, 6.07) is 13.3. The summed E-state index contributed by atoms with van der Waals surface area (Å²) in [5.41, 5.74) is 0.989. The summed E-state index contributed by atoms with van der Waals surface area (Å²) in [6.45, 7) is 3.65. The number of hydrogen-bond acceptors (Lipinski definition) is 8. The summed E-state index contributed by atoms with van der Waals surface area (Å²) < 4.78 is 10.5. The van der Waals surface area contributed by atoms with E-state index in [0.717, 1.165) is 5.39 Å². The Morgan fingerprint density at radius 1 is 1.15 bits per heavy atom. The molecule has 3 aromatic rings. The predicted octanol–water partition coefficient (Wildman–Crippen LogP) is 3.35. The van der Waals surface area contributed by atoms with Crippen LogP contribution in [0.1, 0.15) is 27.8 Å². The molecule has 0 aliphatic carbocycles. The quantitative estimate of drug-likeness (QED) is 0.253. The molecule has 0 bridgehead atoms. The topological polar surface area (TPSA) is 118 Å². The SMILES string of the molecule is CCOC(=O)c1ccc(N2CCN(C(=S)NC(=O)c3cc4ccccc4o3)CC2)c([N+](=O)[O-])c1. The maximum atomic E-state index is 12.6. The number of rotatable bonds is 5. The van der Waals surface area contributed by atoms with Crippen molar-refractivity contribution in [1.82, 2.24) is 10.2 Å². The van der Waals surface area contributed by atoms with E-state index in [0.29, 0.717) is 37.4 Å². The van der Waals surface area contributed by atoms with Crippen LogP contribution in [0.4, 0.5) is 11.4 Å². The number of fused-ring (bicyclic) bond motifs is 1. The van der Waals surface area contributed by atoms with Gasteiger partial charge in [0, 0.05) is 37.6 Å². The molecule has 0 radical (unpaired) electrons. The average molecular weight is 483 g/mol. The molecular weight excluding hydrogens is 460 g/mol. The Balaban J connectivity index is 1.39. The molecule has 11 heteroatoms. The molecule has 34 heavy (non-hydrogen) atoms. The van der Waals surface area contributed by atoms with Crippen LogP contribution < -0.4 is 10.2 Å². The van der Waals surface area contributed by atoms with Gasteiger partial charge in [-0.05, 0) is 43.4 Å². The van der Waals surface area contributed by atoms with Gasteiger partial charge in [-0.25, -0.2) is 4.79 Å². The lowest BCUT2D eigenvalue weighted by molar-refractivity contribution is -0.384. The van der Waals surface area contributed by atoms with E-state index in [1.54, 1.807) is 25.1 Å². The fraction of sp³-hybridized carbons (Fsp3) is 0.261. The van der Waals surface area contributed by atoms with Crippen molar-refractivity contribution in [1.29, 1.82) is 0 Å². The summed E-state index contributed by atoms with van der Waals surface area (Å²) in [4.78, 5) is 39.3. The molecule has 2 aromatic carbocycles. The molecule has 4 rings (SSSR count). The van der Waals surface area contributed by atoms with Gasteiger partial charge in [0.15, 0.2) is 10.9 Å². The second-order valence-electron chi connectivity index (χ2n) is 7.56. The summed E-state index contributed by atoms with van der Waals surface area (Å²) in [5.74, 6) is -0.874. The number of piperazine rings is 1. The number of thiocarbonyl (C=S) groups is 1. The molecule has 10 nitrogen and oxygen atoms in total. The van der Waals surface area contributed by atoms with Gasteiger partial charge < -0.3 is 19.0 Å². The molecular formula is C23H22N4O6S. The van der Waals surface area contributed by atoms with E-state index in [1.165, 1.54) is 12.1 Å². The minimum atomic E-state index is -0.604. The van der Waals surface area contributed by atoms with Crippen LogP contribution in [0.2, 0.25) is 0 Å². The van der Waals surface area contributed by atoms with Crippen molar-refractivity contribution in [2.45, 2.75) is 6.92 Å².